The molecule has 0 aliphatic carbocycles. The monoisotopic (exact) mass is 503 g/mol. The number of methoxy groups -OCH3 is 1. The van der Waals surface area contributed by atoms with Crippen molar-refractivity contribution < 1.29 is 9.53 Å². The van der Waals surface area contributed by atoms with Crippen molar-refractivity contribution in [3.05, 3.63) is 83.9 Å². The Hall–Kier alpha value is -3.56. The number of nitrogens with one attached hydrogen (secondary N) is 1. The van der Waals surface area contributed by atoms with Gasteiger partial charge >= 0.3 is 0 Å². The zero-order valence-electron chi connectivity index (χ0n) is 19.6. The molecule has 9 heteroatoms. The van der Waals surface area contributed by atoms with Crippen LogP contribution in [0.1, 0.15) is 11.1 Å². The van der Waals surface area contributed by atoms with Crippen molar-refractivity contribution in [3.63, 3.8) is 0 Å². The first-order valence-corrected chi connectivity index (χ1v) is 13.0. The highest BCUT2D eigenvalue weighted by Crippen LogP contribution is 2.29. The summed E-state index contributed by atoms with van der Waals surface area (Å²) < 4.78 is 7.23. The molecule has 7 nitrogen and oxygen atoms in total. The number of hydrazone groups is 1. The van der Waals surface area contributed by atoms with Gasteiger partial charge in [0.25, 0.3) is 5.91 Å². The Morgan fingerprint density at radius 1 is 1.03 bits per heavy atom. The van der Waals surface area contributed by atoms with Gasteiger partial charge in [0, 0.05) is 16.1 Å². The lowest BCUT2D eigenvalue weighted by atomic mass is 10.1. The second-order valence-corrected chi connectivity index (χ2v) is 9.38. The number of nitrogens with zero attached hydrogens (tertiary/aromatic N) is 4. The number of thioether (sulfide) groups is 2. The Morgan fingerprint density at radius 3 is 2.40 bits per heavy atom. The van der Waals surface area contributed by atoms with E-state index in [1.165, 1.54) is 16.7 Å². The van der Waals surface area contributed by atoms with Crippen LogP contribution in [0.2, 0.25) is 0 Å². The number of benzene rings is 3. The third-order valence-corrected chi connectivity index (χ3v) is 6.80. The molecule has 3 aromatic carbocycles. The Labute approximate surface area is 213 Å². The van der Waals surface area contributed by atoms with E-state index in [-0.39, 0.29) is 11.7 Å². The molecule has 0 saturated heterocycles. The lowest BCUT2D eigenvalue weighted by Crippen LogP contribution is -2.20. The molecule has 0 saturated carbocycles. The first-order valence-electron chi connectivity index (χ1n) is 10.8. The number of hydrogen-bond acceptors (Lipinski definition) is 7. The molecule has 178 valence electrons. The molecule has 1 heterocycles. The standard InChI is InChI=1S/C26H25N5O2S2/c1-18-4-8-20(9-5-18)25-29-30-26(31(25)21-10-12-22(33-2)13-11-21)35-17-24(32)28-27-16-19-6-14-23(34-3)15-7-19/h4-16H,17H2,1-3H3,(H,28,32). The number of amides is 1. The smallest absolute Gasteiger partial charge is 0.250 e. The molecular formula is C26H25N5O2S2. The molecule has 35 heavy (non-hydrogen) atoms. The van der Waals surface area contributed by atoms with Crippen molar-refractivity contribution in [1.82, 2.24) is 20.2 Å². The largest absolute Gasteiger partial charge is 0.497 e. The van der Waals surface area contributed by atoms with Crippen LogP contribution in [0, 0.1) is 6.92 Å². The molecule has 0 aliphatic heterocycles. The minimum atomic E-state index is -0.229. The molecule has 0 spiro atoms. The molecule has 0 aliphatic rings. The fraction of sp³-hybridized carbons (Fsp3) is 0.154. The number of aryl methyl sites for hydroxylation is 1. The fourth-order valence-electron chi connectivity index (χ4n) is 3.25. The van der Waals surface area contributed by atoms with E-state index < -0.39 is 0 Å². The van der Waals surface area contributed by atoms with Crippen molar-refractivity contribution >= 4 is 35.6 Å². The van der Waals surface area contributed by atoms with Crippen LogP contribution in [-0.4, -0.2) is 46.0 Å². The van der Waals surface area contributed by atoms with Gasteiger partial charge in [-0.05, 0) is 55.1 Å². The summed E-state index contributed by atoms with van der Waals surface area (Å²) in [5.41, 5.74) is 6.47. The molecule has 1 N–H and O–H groups in total. The summed E-state index contributed by atoms with van der Waals surface area (Å²) in [5.74, 6) is 1.37. The van der Waals surface area contributed by atoms with Crippen molar-refractivity contribution in [2.45, 2.75) is 17.0 Å². The van der Waals surface area contributed by atoms with Gasteiger partial charge in [-0.3, -0.25) is 9.36 Å². The molecule has 4 rings (SSSR count). The minimum Gasteiger partial charge on any atom is -0.497 e. The Bertz CT molecular complexity index is 1300. The number of hydrogen-bond donors (Lipinski definition) is 1. The van der Waals surface area contributed by atoms with Gasteiger partial charge in [-0.2, -0.15) is 5.10 Å². The van der Waals surface area contributed by atoms with E-state index >= 15 is 0 Å². The van der Waals surface area contributed by atoms with Crippen LogP contribution >= 0.6 is 23.5 Å². The molecule has 0 fully saturated rings. The van der Waals surface area contributed by atoms with Crippen molar-refractivity contribution in [3.8, 4) is 22.8 Å². The SMILES string of the molecule is COc1ccc(-n2c(SCC(=O)NN=Cc3ccc(SC)cc3)nnc2-c2ccc(C)cc2)cc1. The highest BCUT2D eigenvalue weighted by atomic mass is 32.2. The summed E-state index contributed by atoms with van der Waals surface area (Å²) in [6.45, 7) is 2.04. The van der Waals surface area contributed by atoms with Crippen LogP contribution in [0.25, 0.3) is 17.1 Å². The highest BCUT2D eigenvalue weighted by molar-refractivity contribution is 7.99. The molecule has 0 atom stereocenters. The summed E-state index contributed by atoms with van der Waals surface area (Å²) in [4.78, 5) is 13.6. The molecule has 1 aromatic heterocycles. The number of carbonyl (C=O) groups is 1. The van der Waals surface area contributed by atoms with E-state index in [4.69, 9.17) is 4.74 Å². The first-order chi connectivity index (χ1) is 17.1. The summed E-state index contributed by atoms with van der Waals surface area (Å²) >= 11 is 2.98. The van der Waals surface area contributed by atoms with Gasteiger partial charge in [0.2, 0.25) is 0 Å². The van der Waals surface area contributed by atoms with Gasteiger partial charge < -0.3 is 4.74 Å². The second kappa shape index (κ2) is 11.7. The Morgan fingerprint density at radius 2 is 1.74 bits per heavy atom. The van der Waals surface area contributed by atoms with Gasteiger partial charge in [-0.1, -0.05) is 53.7 Å². The summed E-state index contributed by atoms with van der Waals surface area (Å²) in [5, 5.41) is 13.5. The zero-order chi connectivity index (χ0) is 24.6. The quantitative estimate of drug-likeness (QED) is 0.192. The molecule has 0 unspecified atom stereocenters. The number of carbonyl (C=O) groups excluding carboxylic acids is 1. The summed E-state index contributed by atoms with van der Waals surface area (Å²) in [6, 6.07) is 23.7. The lowest BCUT2D eigenvalue weighted by Gasteiger charge is -2.11. The van der Waals surface area contributed by atoms with Crippen LogP contribution in [0.15, 0.2) is 87.9 Å². The van der Waals surface area contributed by atoms with Crippen molar-refractivity contribution in [2.75, 3.05) is 19.1 Å². The third kappa shape index (κ3) is 6.32. The van der Waals surface area contributed by atoms with Gasteiger partial charge in [0.1, 0.15) is 5.75 Å². The maximum Gasteiger partial charge on any atom is 0.250 e. The van der Waals surface area contributed by atoms with Crippen LogP contribution in [0.4, 0.5) is 0 Å². The highest BCUT2D eigenvalue weighted by Gasteiger charge is 2.17. The van der Waals surface area contributed by atoms with Crippen molar-refractivity contribution in [1.29, 1.82) is 0 Å². The van der Waals surface area contributed by atoms with Crippen LogP contribution in [0.5, 0.6) is 5.75 Å². The summed E-state index contributed by atoms with van der Waals surface area (Å²) in [7, 11) is 1.63. The van der Waals surface area contributed by atoms with Crippen LogP contribution in [-0.2, 0) is 4.79 Å². The second-order valence-electron chi connectivity index (χ2n) is 7.56. The van der Waals surface area contributed by atoms with E-state index in [1.807, 2.05) is 90.5 Å². The number of aromatic nitrogens is 3. The average Bonchev–Trinajstić information content (AvgIpc) is 3.32. The van der Waals surface area contributed by atoms with Gasteiger partial charge in [-0.15, -0.1) is 22.0 Å². The molecule has 4 aromatic rings. The fourth-order valence-corrected chi connectivity index (χ4v) is 4.40. The normalized spacial score (nSPS) is 11.1. The topological polar surface area (TPSA) is 81.4 Å². The number of rotatable bonds is 9. The molecular weight excluding hydrogens is 478 g/mol. The van der Waals surface area contributed by atoms with Gasteiger partial charge in [0.15, 0.2) is 11.0 Å². The predicted octanol–water partition coefficient (Wildman–Crippen LogP) is 5.22. The van der Waals surface area contributed by atoms with E-state index in [1.54, 1.807) is 25.1 Å². The molecule has 0 radical (unpaired) electrons. The average molecular weight is 504 g/mol. The van der Waals surface area contributed by atoms with Gasteiger partial charge in [-0.25, -0.2) is 5.43 Å². The third-order valence-electron chi connectivity index (χ3n) is 5.12. The maximum atomic E-state index is 12.4. The van der Waals surface area contributed by atoms with Crippen molar-refractivity contribution in [2.24, 2.45) is 5.10 Å². The van der Waals surface area contributed by atoms with Gasteiger partial charge in [0.05, 0.1) is 19.1 Å². The van der Waals surface area contributed by atoms with E-state index in [0.29, 0.717) is 11.0 Å². The first kappa shape index (κ1) is 24.6. The minimum absolute atomic E-state index is 0.144. The van der Waals surface area contributed by atoms with E-state index in [0.717, 1.165) is 28.1 Å². The number of ether oxygens (including phenoxy) is 1. The van der Waals surface area contributed by atoms with E-state index in [2.05, 4.69) is 20.7 Å². The maximum absolute atomic E-state index is 12.4. The summed E-state index contributed by atoms with van der Waals surface area (Å²) in [6.07, 6.45) is 3.65. The van der Waals surface area contributed by atoms with E-state index in [9.17, 15) is 4.79 Å². The predicted molar refractivity (Wildman–Crippen MR) is 143 cm³/mol. The Kier molecular flexibility index (Phi) is 8.23. The molecule has 1 amide bonds. The zero-order valence-corrected chi connectivity index (χ0v) is 21.3. The van der Waals surface area contributed by atoms with Crippen LogP contribution < -0.4 is 10.2 Å². The lowest BCUT2D eigenvalue weighted by molar-refractivity contribution is -0.118. The van der Waals surface area contributed by atoms with Crippen LogP contribution in [0.3, 0.4) is 0 Å². The molecule has 0 bridgehead atoms. The Balaban J connectivity index is 1.49.